The van der Waals surface area contributed by atoms with Gasteiger partial charge in [0.05, 0.1) is 10.3 Å². The minimum Gasteiger partial charge on any atom is -0.481 e. The Bertz CT molecular complexity index is 555. The molecule has 0 heterocycles. The van der Waals surface area contributed by atoms with Crippen molar-refractivity contribution in [2.45, 2.75) is 33.2 Å². The summed E-state index contributed by atoms with van der Waals surface area (Å²) in [6.07, 6.45) is 0. The Morgan fingerprint density at radius 2 is 1.90 bits per heavy atom. The van der Waals surface area contributed by atoms with Gasteiger partial charge in [-0.05, 0) is 39.8 Å². The van der Waals surface area contributed by atoms with Gasteiger partial charge in [0.15, 0.2) is 0 Å². The largest absolute Gasteiger partial charge is 0.481 e. The SMILES string of the molecule is CC(C)(Nc1cc(Cl)ccc1[N+](=O)[O-])C(C)(C)C(=O)O. The molecule has 0 atom stereocenters. The average Bonchev–Trinajstić information content (AvgIpc) is 2.27. The maximum absolute atomic E-state index is 11.3. The van der Waals surface area contributed by atoms with Gasteiger partial charge < -0.3 is 10.4 Å². The molecule has 2 N–H and O–H groups in total. The molecular weight excluding hydrogens is 284 g/mol. The third-order valence-electron chi connectivity index (χ3n) is 3.70. The lowest BCUT2D eigenvalue weighted by atomic mass is 9.74. The molecule has 0 saturated heterocycles. The van der Waals surface area contributed by atoms with Crippen molar-refractivity contribution in [2.75, 3.05) is 5.32 Å². The minimum atomic E-state index is -1.14. The summed E-state index contributed by atoms with van der Waals surface area (Å²) in [5.41, 5.74) is -2.01. The van der Waals surface area contributed by atoms with Gasteiger partial charge in [0.1, 0.15) is 5.69 Å². The van der Waals surface area contributed by atoms with Gasteiger partial charge >= 0.3 is 5.97 Å². The molecule has 0 saturated carbocycles. The number of nitrogens with one attached hydrogen (secondary N) is 1. The van der Waals surface area contributed by atoms with Crippen LogP contribution >= 0.6 is 11.6 Å². The topological polar surface area (TPSA) is 92.5 Å². The lowest BCUT2D eigenvalue weighted by Gasteiger charge is -2.39. The van der Waals surface area contributed by atoms with Crippen LogP contribution in [0.15, 0.2) is 18.2 Å². The van der Waals surface area contributed by atoms with E-state index in [0.717, 1.165) is 0 Å². The summed E-state index contributed by atoms with van der Waals surface area (Å²) in [5, 5.41) is 23.6. The molecule has 0 amide bonds. The highest BCUT2D eigenvalue weighted by Crippen LogP contribution is 2.37. The quantitative estimate of drug-likeness (QED) is 0.641. The summed E-state index contributed by atoms with van der Waals surface area (Å²) in [5.74, 6) is -1.00. The number of rotatable bonds is 5. The van der Waals surface area contributed by atoms with Crippen LogP contribution in [-0.4, -0.2) is 21.5 Å². The highest BCUT2D eigenvalue weighted by molar-refractivity contribution is 6.31. The van der Waals surface area contributed by atoms with Gasteiger partial charge in [0.2, 0.25) is 0 Å². The molecule has 7 heteroatoms. The monoisotopic (exact) mass is 300 g/mol. The molecule has 0 aliphatic carbocycles. The van der Waals surface area contributed by atoms with Crippen LogP contribution in [-0.2, 0) is 4.79 Å². The van der Waals surface area contributed by atoms with Crippen LogP contribution < -0.4 is 5.32 Å². The molecule has 0 bridgehead atoms. The Labute approximate surface area is 121 Å². The van der Waals surface area contributed by atoms with E-state index >= 15 is 0 Å². The first-order valence-corrected chi connectivity index (χ1v) is 6.32. The fraction of sp³-hybridized carbons (Fsp3) is 0.462. The fourth-order valence-electron chi connectivity index (χ4n) is 1.53. The van der Waals surface area contributed by atoms with Crippen molar-refractivity contribution >= 4 is 28.9 Å². The summed E-state index contributed by atoms with van der Waals surface area (Å²) >= 11 is 5.85. The van der Waals surface area contributed by atoms with E-state index in [0.29, 0.717) is 5.02 Å². The van der Waals surface area contributed by atoms with E-state index in [-0.39, 0.29) is 11.4 Å². The normalized spacial score (nSPS) is 12.1. The molecule has 6 nitrogen and oxygen atoms in total. The Hall–Kier alpha value is -1.82. The van der Waals surface area contributed by atoms with Gasteiger partial charge in [-0.25, -0.2) is 0 Å². The molecule has 0 unspecified atom stereocenters. The van der Waals surface area contributed by atoms with E-state index in [9.17, 15) is 20.0 Å². The molecule has 110 valence electrons. The molecule has 0 aromatic heterocycles. The van der Waals surface area contributed by atoms with Gasteiger partial charge in [-0.15, -0.1) is 0 Å². The standard InChI is InChI=1S/C13H17ClN2O4/c1-12(2,11(17)18)13(3,4)15-9-7-8(14)5-6-10(9)16(19)20/h5-7,15H,1-4H3,(H,17,18). The van der Waals surface area contributed by atoms with Crippen molar-refractivity contribution in [3.05, 3.63) is 33.3 Å². The third kappa shape index (κ3) is 3.01. The first-order valence-electron chi connectivity index (χ1n) is 5.94. The number of nitro benzene ring substituents is 1. The molecular formula is C13H17ClN2O4. The Morgan fingerprint density at radius 1 is 1.35 bits per heavy atom. The van der Waals surface area contributed by atoms with Crippen LogP contribution in [0.5, 0.6) is 0 Å². The second-order valence-corrected chi connectivity index (χ2v) is 6.04. The van der Waals surface area contributed by atoms with Gasteiger partial charge in [0.25, 0.3) is 5.69 Å². The van der Waals surface area contributed by atoms with Crippen molar-refractivity contribution in [3.8, 4) is 0 Å². The maximum Gasteiger partial charge on any atom is 0.311 e. The zero-order valence-corrected chi connectivity index (χ0v) is 12.5. The number of nitro groups is 1. The van der Waals surface area contributed by atoms with Gasteiger partial charge in [0, 0.05) is 16.6 Å². The third-order valence-corrected chi connectivity index (χ3v) is 3.93. The van der Waals surface area contributed by atoms with Crippen molar-refractivity contribution in [3.63, 3.8) is 0 Å². The van der Waals surface area contributed by atoms with E-state index in [2.05, 4.69) is 5.32 Å². The molecule has 1 rings (SSSR count). The van der Waals surface area contributed by atoms with E-state index in [1.165, 1.54) is 18.2 Å². The zero-order chi connectivity index (χ0) is 15.7. The number of carboxylic acids is 1. The number of carboxylic acid groups (broad SMARTS) is 1. The molecule has 20 heavy (non-hydrogen) atoms. The number of aliphatic carboxylic acids is 1. The lowest BCUT2D eigenvalue weighted by Crippen LogP contribution is -2.50. The summed E-state index contributed by atoms with van der Waals surface area (Å²) in [6, 6.07) is 4.12. The Kier molecular flexibility index (Phi) is 4.29. The molecule has 0 aliphatic heterocycles. The first-order chi connectivity index (χ1) is 8.99. The van der Waals surface area contributed by atoms with E-state index in [1.807, 2.05) is 0 Å². The van der Waals surface area contributed by atoms with Crippen LogP contribution in [0.25, 0.3) is 0 Å². The highest BCUT2D eigenvalue weighted by Gasteiger charge is 2.44. The lowest BCUT2D eigenvalue weighted by molar-refractivity contribution is -0.384. The number of halogens is 1. The first kappa shape index (κ1) is 16.2. The minimum absolute atomic E-state index is 0.149. The van der Waals surface area contributed by atoms with Crippen LogP contribution in [0.3, 0.4) is 0 Å². The second-order valence-electron chi connectivity index (χ2n) is 5.60. The summed E-state index contributed by atoms with van der Waals surface area (Å²) < 4.78 is 0. The van der Waals surface area contributed by atoms with Gasteiger partial charge in [-0.2, -0.15) is 0 Å². The van der Waals surface area contributed by atoms with Crippen LogP contribution in [0.2, 0.25) is 5.02 Å². The summed E-state index contributed by atoms with van der Waals surface area (Å²) in [6.45, 7) is 6.45. The number of hydrogen-bond acceptors (Lipinski definition) is 4. The van der Waals surface area contributed by atoms with Crippen molar-refractivity contribution in [1.29, 1.82) is 0 Å². The van der Waals surface area contributed by atoms with Crippen molar-refractivity contribution in [1.82, 2.24) is 0 Å². The van der Waals surface area contributed by atoms with E-state index in [1.54, 1.807) is 27.7 Å². The highest BCUT2D eigenvalue weighted by atomic mass is 35.5. The maximum atomic E-state index is 11.3. The number of benzene rings is 1. The molecule has 0 aliphatic rings. The number of anilines is 1. The van der Waals surface area contributed by atoms with E-state index in [4.69, 9.17) is 11.6 Å². The van der Waals surface area contributed by atoms with E-state index < -0.39 is 21.8 Å². The zero-order valence-electron chi connectivity index (χ0n) is 11.7. The predicted octanol–water partition coefficient (Wildman–Crippen LogP) is 3.55. The Balaban J connectivity index is 3.25. The fourth-order valence-corrected chi connectivity index (χ4v) is 1.70. The number of nitrogens with zero attached hydrogens (tertiary/aromatic N) is 1. The Morgan fingerprint density at radius 3 is 2.35 bits per heavy atom. The number of hydrogen-bond donors (Lipinski definition) is 2. The molecule has 0 radical (unpaired) electrons. The van der Waals surface area contributed by atoms with Crippen LogP contribution in [0.1, 0.15) is 27.7 Å². The molecule has 1 aromatic rings. The molecule has 0 spiro atoms. The predicted molar refractivity (Wildman–Crippen MR) is 77.2 cm³/mol. The van der Waals surface area contributed by atoms with Crippen molar-refractivity contribution in [2.24, 2.45) is 5.41 Å². The number of carbonyl (C=O) groups is 1. The summed E-state index contributed by atoms with van der Waals surface area (Å²) in [7, 11) is 0. The van der Waals surface area contributed by atoms with Crippen LogP contribution in [0.4, 0.5) is 11.4 Å². The second kappa shape index (κ2) is 5.28. The van der Waals surface area contributed by atoms with Crippen molar-refractivity contribution < 1.29 is 14.8 Å². The van der Waals surface area contributed by atoms with Gasteiger partial charge in [-0.3, -0.25) is 14.9 Å². The molecule has 1 aromatic carbocycles. The molecule has 0 fully saturated rings. The average molecular weight is 301 g/mol. The van der Waals surface area contributed by atoms with Gasteiger partial charge in [-0.1, -0.05) is 11.6 Å². The smallest absolute Gasteiger partial charge is 0.311 e. The summed E-state index contributed by atoms with van der Waals surface area (Å²) in [4.78, 5) is 21.8. The van der Waals surface area contributed by atoms with Crippen LogP contribution in [0, 0.1) is 15.5 Å².